The van der Waals surface area contributed by atoms with Crippen molar-refractivity contribution in [3.8, 4) is 5.75 Å². The van der Waals surface area contributed by atoms with E-state index in [1.807, 2.05) is 19.9 Å². The number of hydrogen-bond acceptors (Lipinski definition) is 4. The Morgan fingerprint density at radius 2 is 2.15 bits per heavy atom. The molecule has 0 saturated heterocycles. The van der Waals surface area contributed by atoms with Crippen molar-refractivity contribution >= 4 is 21.5 Å². The van der Waals surface area contributed by atoms with Crippen LogP contribution in [0.3, 0.4) is 0 Å². The molecule has 0 aliphatic carbocycles. The molecule has 20 heavy (non-hydrogen) atoms. The standard InChI is InChI=1S/C14H20N2O3S/c1-4-11(2)20(18)15-10-9-14(17)16(20)12-7-5-6-8-13(12)19-3/h5-8,11H,4,9-10H2,1-3H3. The minimum Gasteiger partial charge on any atom is -0.495 e. The van der Waals surface area contributed by atoms with Gasteiger partial charge in [-0.2, -0.15) is 0 Å². The Balaban J connectivity index is 2.61. The molecule has 0 radical (unpaired) electrons. The normalized spacial score (nSPS) is 24.1. The lowest BCUT2D eigenvalue weighted by Gasteiger charge is -2.33. The van der Waals surface area contributed by atoms with Crippen LogP contribution in [0.2, 0.25) is 0 Å². The number of nitrogens with zero attached hydrogens (tertiary/aromatic N) is 2. The number of amides is 1. The molecule has 1 aromatic carbocycles. The highest BCUT2D eigenvalue weighted by Crippen LogP contribution is 2.34. The molecule has 5 nitrogen and oxygen atoms in total. The number of para-hydroxylation sites is 2. The lowest BCUT2D eigenvalue weighted by molar-refractivity contribution is -0.117. The Morgan fingerprint density at radius 1 is 1.45 bits per heavy atom. The fraction of sp³-hybridized carbons (Fsp3) is 0.500. The lowest BCUT2D eigenvalue weighted by Crippen LogP contribution is -2.44. The third kappa shape index (κ3) is 2.40. The second-order valence-corrected chi connectivity index (χ2v) is 7.22. The van der Waals surface area contributed by atoms with Crippen LogP contribution in [0.15, 0.2) is 28.6 Å². The molecular weight excluding hydrogens is 276 g/mol. The molecule has 0 spiro atoms. The second kappa shape index (κ2) is 5.83. The molecular formula is C14H20N2O3S. The topological polar surface area (TPSA) is 59.0 Å². The molecule has 110 valence electrons. The third-order valence-corrected chi connectivity index (χ3v) is 6.35. The highest BCUT2D eigenvalue weighted by molar-refractivity contribution is 7.96. The first-order chi connectivity index (χ1) is 9.54. The van der Waals surface area contributed by atoms with Gasteiger partial charge in [0.1, 0.15) is 21.4 Å². The van der Waals surface area contributed by atoms with Gasteiger partial charge in [0.2, 0.25) is 5.91 Å². The van der Waals surface area contributed by atoms with Crippen molar-refractivity contribution in [2.24, 2.45) is 4.36 Å². The number of carbonyl (C=O) groups is 1. The second-order valence-electron chi connectivity index (χ2n) is 4.72. The van der Waals surface area contributed by atoms with Gasteiger partial charge in [-0.1, -0.05) is 19.1 Å². The Bertz CT molecular complexity index is 621. The number of anilines is 1. The molecule has 6 heteroatoms. The lowest BCUT2D eigenvalue weighted by atomic mass is 10.3. The van der Waals surface area contributed by atoms with Gasteiger partial charge in [-0.25, -0.2) is 12.9 Å². The summed E-state index contributed by atoms with van der Waals surface area (Å²) < 4.78 is 24.2. The number of hydrogen-bond donors (Lipinski definition) is 0. The van der Waals surface area contributed by atoms with Gasteiger partial charge in [-0.15, -0.1) is 0 Å². The molecule has 1 amide bonds. The molecule has 0 aromatic heterocycles. The van der Waals surface area contributed by atoms with Gasteiger partial charge in [-0.3, -0.25) is 4.79 Å². The number of carbonyl (C=O) groups excluding carboxylic acids is 1. The zero-order valence-electron chi connectivity index (χ0n) is 12.0. The Labute approximate surface area is 120 Å². The fourth-order valence-electron chi connectivity index (χ4n) is 2.17. The van der Waals surface area contributed by atoms with Crippen molar-refractivity contribution in [2.45, 2.75) is 31.9 Å². The molecule has 1 aliphatic rings. The quantitative estimate of drug-likeness (QED) is 0.858. The first-order valence-corrected chi connectivity index (χ1v) is 8.26. The van der Waals surface area contributed by atoms with Crippen molar-refractivity contribution in [1.29, 1.82) is 0 Å². The monoisotopic (exact) mass is 296 g/mol. The summed E-state index contributed by atoms with van der Waals surface area (Å²) in [7, 11) is -1.23. The zero-order chi connectivity index (χ0) is 14.8. The Kier molecular flexibility index (Phi) is 4.32. The summed E-state index contributed by atoms with van der Waals surface area (Å²) in [6, 6.07) is 7.13. The van der Waals surface area contributed by atoms with Crippen LogP contribution in [0.5, 0.6) is 5.75 Å². The van der Waals surface area contributed by atoms with Gasteiger partial charge in [-0.05, 0) is 25.5 Å². The summed E-state index contributed by atoms with van der Waals surface area (Å²) in [5.74, 6) is 0.378. The van der Waals surface area contributed by atoms with Gasteiger partial charge in [0.15, 0.2) is 0 Å². The fourth-order valence-corrected chi connectivity index (χ4v) is 4.51. The predicted octanol–water partition coefficient (Wildman–Crippen LogP) is 2.61. The summed E-state index contributed by atoms with van der Waals surface area (Å²) in [6.45, 7) is 4.15. The summed E-state index contributed by atoms with van der Waals surface area (Å²) in [5.41, 5.74) is 0.536. The average molecular weight is 296 g/mol. The van der Waals surface area contributed by atoms with E-state index in [0.717, 1.165) is 0 Å². The van der Waals surface area contributed by atoms with Gasteiger partial charge in [0.05, 0.1) is 18.9 Å². The maximum Gasteiger partial charge on any atom is 0.241 e. The van der Waals surface area contributed by atoms with Crippen LogP contribution in [0.4, 0.5) is 5.69 Å². The van der Waals surface area contributed by atoms with Crippen LogP contribution in [-0.4, -0.2) is 29.0 Å². The van der Waals surface area contributed by atoms with E-state index < -0.39 is 9.92 Å². The van der Waals surface area contributed by atoms with Crippen molar-refractivity contribution in [2.75, 3.05) is 18.0 Å². The van der Waals surface area contributed by atoms with E-state index in [-0.39, 0.29) is 17.6 Å². The van der Waals surface area contributed by atoms with Gasteiger partial charge >= 0.3 is 0 Å². The average Bonchev–Trinajstić information content (AvgIpc) is 2.46. The van der Waals surface area contributed by atoms with Crippen LogP contribution in [0.25, 0.3) is 0 Å². The van der Waals surface area contributed by atoms with Crippen LogP contribution in [0, 0.1) is 0 Å². The molecule has 1 aromatic rings. The summed E-state index contributed by atoms with van der Waals surface area (Å²) in [5, 5.41) is -0.184. The molecule has 0 bridgehead atoms. The van der Waals surface area contributed by atoms with Crippen LogP contribution < -0.4 is 9.04 Å². The maximum atomic E-state index is 13.2. The first-order valence-electron chi connectivity index (χ1n) is 6.72. The van der Waals surface area contributed by atoms with E-state index in [1.165, 1.54) is 11.4 Å². The summed E-state index contributed by atoms with van der Waals surface area (Å²) in [6.07, 6.45) is 0.979. The number of methoxy groups -OCH3 is 1. The van der Waals surface area contributed by atoms with E-state index >= 15 is 0 Å². The minimum absolute atomic E-state index is 0.158. The Hall–Kier alpha value is -1.56. The summed E-state index contributed by atoms with van der Waals surface area (Å²) >= 11 is 0. The van der Waals surface area contributed by atoms with E-state index in [4.69, 9.17) is 4.74 Å². The maximum absolute atomic E-state index is 13.2. The predicted molar refractivity (Wildman–Crippen MR) is 80.3 cm³/mol. The van der Waals surface area contributed by atoms with Crippen molar-refractivity contribution in [3.05, 3.63) is 24.3 Å². The van der Waals surface area contributed by atoms with E-state index in [0.29, 0.717) is 24.4 Å². The van der Waals surface area contributed by atoms with Crippen LogP contribution in [0.1, 0.15) is 26.7 Å². The van der Waals surface area contributed by atoms with Gasteiger partial charge < -0.3 is 4.74 Å². The van der Waals surface area contributed by atoms with E-state index in [2.05, 4.69) is 4.36 Å². The number of rotatable bonds is 4. The molecule has 1 heterocycles. The molecule has 0 N–H and O–H groups in total. The van der Waals surface area contributed by atoms with Crippen molar-refractivity contribution in [3.63, 3.8) is 0 Å². The first kappa shape index (κ1) is 14.8. The van der Waals surface area contributed by atoms with Crippen molar-refractivity contribution in [1.82, 2.24) is 0 Å². The highest BCUT2D eigenvalue weighted by Gasteiger charge is 2.35. The molecule has 2 unspecified atom stereocenters. The molecule has 0 fully saturated rings. The highest BCUT2D eigenvalue weighted by atomic mass is 32.2. The number of benzene rings is 1. The van der Waals surface area contributed by atoms with Crippen LogP contribution >= 0.6 is 0 Å². The van der Waals surface area contributed by atoms with Crippen molar-refractivity contribution < 1.29 is 13.7 Å². The summed E-state index contributed by atoms with van der Waals surface area (Å²) in [4.78, 5) is 12.3. The number of ether oxygens (including phenoxy) is 1. The van der Waals surface area contributed by atoms with Gasteiger partial charge in [0, 0.05) is 6.42 Å². The molecule has 2 atom stereocenters. The smallest absolute Gasteiger partial charge is 0.241 e. The van der Waals surface area contributed by atoms with E-state index in [9.17, 15) is 9.00 Å². The Morgan fingerprint density at radius 3 is 2.80 bits per heavy atom. The molecule has 0 saturated carbocycles. The molecule has 2 rings (SSSR count). The third-order valence-electron chi connectivity index (χ3n) is 3.49. The minimum atomic E-state index is -2.77. The van der Waals surface area contributed by atoms with E-state index in [1.54, 1.807) is 18.2 Å². The SMILES string of the molecule is CCC(C)S1(=O)=NCCC(=O)N1c1ccccc1OC. The van der Waals surface area contributed by atoms with Crippen LogP contribution in [-0.2, 0) is 14.7 Å². The zero-order valence-corrected chi connectivity index (χ0v) is 12.9. The molecule has 1 aliphatic heterocycles. The largest absolute Gasteiger partial charge is 0.495 e. The van der Waals surface area contributed by atoms with Gasteiger partial charge in [0.25, 0.3) is 0 Å².